The number of anilines is 1. The largest absolute Gasteiger partial charge is 0.416 e. The Morgan fingerprint density at radius 1 is 1.16 bits per heavy atom. The molecule has 0 bridgehead atoms. The van der Waals surface area contributed by atoms with Crippen LogP contribution >= 0.6 is 27.7 Å². The van der Waals surface area contributed by atoms with E-state index in [1.165, 1.54) is 17.8 Å². The van der Waals surface area contributed by atoms with Crippen molar-refractivity contribution in [2.24, 2.45) is 0 Å². The number of nitrogens with zero attached hydrogens (tertiary/aromatic N) is 1. The maximum Gasteiger partial charge on any atom is 0.416 e. The Bertz CT molecular complexity index is 585. The predicted molar refractivity (Wildman–Crippen MR) is 71.9 cm³/mol. The smallest absolute Gasteiger partial charge is 0.398 e. The van der Waals surface area contributed by atoms with Crippen molar-refractivity contribution in [3.8, 4) is 0 Å². The van der Waals surface area contributed by atoms with Gasteiger partial charge in [0.1, 0.15) is 5.03 Å². The number of nitrogens with two attached hydrogens (primary N) is 1. The molecule has 100 valence electrons. The maximum absolute atomic E-state index is 12.5. The van der Waals surface area contributed by atoms with Crippen LogP contribution in [0.5, 0.6) is 0 Å². The van der Waals surface area contributed by atoms with Gasteiger partial charge in [-0.3, -0.25) is 0 Å². The molecular weight excluding hydrogens is 341 g/mol. The van der Waals surface area contributed by atoms with E-state index in [0.717, 1.165) is 16.6 Å². The molecule has 19 heavy (non-hydrogen) atoms. The summed E-state index contributed by atoms with van der Waals surface area (Å²) in [6.07, 6.45) is -2.77. The number of hydrogen-bond donors (Lipinski definition) is 1. The lowest BCUT2D eigenvalue weighted by Gasteiger charge is -2.10. The van der Waals surface area contributed by atoms with Crippen LogP contribution < -0.4 is 5.73 Å². The van der Waals surface area contributed by atoms with E-state index in [4.69, 9.17) is 5.73 Å². The van der Waals surface area contributed by atoms with Gasteiger partial charge in [-0.05, 0) is 46.3 Å². The highest BCUT2D eigenvalue weighted by Gasteiger charge is 2.30. The molecule has 1 heterocycles. The molecule has 0 aliphatic rings. The van der Waals surface area contributed by atoms with Crippen molar-refractivity contribution in [1.82, 2.24) is 4.98 Å². The van der Waals surface area contributed by atoms with Gasteiger partial charge in [0.05, 0.1) is 5.56 Å². The number of pyridine rings is 1. The predicted octanol–water partition coefficient (Wildman–Crippen LogP) is 4.60. The average molecular weight is 349 g/mol. The molecule has 7 heteroatoms. The molecule has 0 spiro atoms. The molecule has 2 aromatic rings. The van der Waals surface area contributed by atoms with Gasteiger partial charge in [-0.1, -0.05) is 11.8 Å². The summed E-state index contributed by atoms with van der Waals surface area (Å²) in [6.45, 7) is 0. The molecule has 2 rings (SSSR count). The highest BCUT2D eigenvalue weighted by Crippen LogP contribution is 2.36. The van der Waals surface area contributed by atoms with Crippen LogP contribution in [-0.4, -0.2) is 4.98 Å². The number of halogens is 4. The van der Waals surface area contributed by atoms with Gasteiger partial charge in [-0.15, -0.1) is 0 Å². The van der Waals surface area contributed by atoms with Crippen molar-refractivity contribution in [2.75, 3.05) is 5.73 Å². The highest BCUT2D eigenvalue weighted by molar-refractivity contribution is 9.10. The minimum absolute atomic E-state index is 0.0875. The molecule has 0 amide bonds. The van der Waals surface area contributed by atoms with E-state index in [1.54, 1.807) is 18.3 Å². The lowest BCUT2D eigenvalue weighted by Crippen LogP contribution is -2.05. The minimum Gasteiger partial charge on any atom is -0.398 e. The van der Waals surface area contributed by atoms with Gasteiger partial charge in [-0.25, -0.2) is 4.98 Å². The van der Waals surface area contributed by atoms with E-state index in [-0.39, 0.29) is 5.69 Å². The first kappa shape index (κ1) is 14.2. The fourth-order valence-electron chi connectivity index (χ4n) is 1.35. The van der Waals surface area contributed by atoms with Crippen LogP contribution in [0, 0.1) is 0 Å². The van der Waals surface area contributed by atoms with Gasteiger partial charge in [0.25, 0.3) is 0 Å². The summed E-state index contributed by atoms with van der Waals surface area (Å²) in [6, 6.07) is 6.85. The van der Waals surface area contributed by atoms with Gasteiger partial charge in [0.15, 0.2) is 0 Å². The standard InChI is InChI=1S/C12H8BrF3N2S/c13-8-2-4-11(18-6-8)19-10-3-1-7(5-9(10)17)12(14,15)16/h1-6H,17H2. The molecule has 0 saturated carbocycles. The molecule has 2 nitrogen and oxygen atoms in total. The minimum atomic E-state index is -4.38. The van der Waals surface area contributed by atoms with E-state index >= 15 is 0 Å². The summed E-state index contributed by atoms with van der Waals surface area (Å²) in [4.78, 5) is 4.67. The third kappa shape index (κ3) is 3.63. The second-order valence-corrected chi connectivity index (χ2v) is 5.64. The molecule has 0 fully saturated rings. The number of nitrogen functional groups attached to an aromatic ring is 1. The van der Waals surface area contributed by atoms with Gasteiger partial charge < -0.3 is 5.73 Å². The normalized spacial score (nSPS) is 11.6. The van der Waals surface area contributed by atoms with E-state index < -0.39 is 11.7 Å². The van der Waals surface area contributed by atoms with Crippen LogP contribution in [0.15, 0.2) is 50.9 Å². The summed E-state index contributed by atoms with van der Waals surface area (Å²) in [5.74, 6) is 0. The Balaban J connectivity index is 2.24. The lowest BCUT2D eigenvalue weighted by molar-refractivity contribution is -0.137. The molecule has 0 atom stereocenters. The first-order chi connectivity index (χ1) is 8.86. The topological polar surface area (TPSA) is 38.9 Å². The number of aromatic nitrogens is 1. The van der Waals surface area contributed by atoms with Crippen LogP contribution in [0.25, 0.3) is 0 Å². The van der Waals surface area contributed by atoms with Crippen LogP contribution in [0.3, 0.4) is 0 Å². The SMILES string of the molecule is Nc1cc(C(F)(F)F)ccc1Sc1ccc(Br)cn1. The molecule has 0 saturated heterocycles. The van der Waals surface area contributed by atoms with Gasteiger partial charge in [-0.2, -0.15) is 13.2 Å². The fourth-order valence-corrected chi connectivity index (χ4v) is 2.37. The zero-order valence-electron chi connectivity index (χ0n) is 9.41. The molecule has 0 aliphatic carbocycles. The third-order valence-electron chi connectivity index (χ3n) is 2.25. The van der Waals surface area contributed by atoms with E-state index in [2.05, 4.69) is 20.9 Å². The Hall–Kier alpha value is -1.21. The third-order valence-corrected chi connectivity index (χ3v) is 3.76. The monoisotopic (exact) mass is 348 g/mol. The van der Waals surface area contributed by atoms with Crippen molar-refractivity contribution in [1.29, 1.82) is 0 Å². The Morgan fingerprint density at radius 2 is 1.89 bits per heavy atom. The zero-order valence-corrected chi connectivity index (χ0v) is 11.8. The number of benzene rings is 1. The van der Waals surface area contributed by atoms with Crippen LogP contribution in [0.2, 0.25) is 0 Å². The maximum atomic E-state index is 12.5. The average Bonchev–Trinajstić information content (AvgIpc) is 2.33. The van der Waals surface area contributed by atoms with Crippen molar-refractivity contribution >= 4 is 33.4 Å². The summed E-state index contributed by atoms with van der Waals surface area (Å²) < 4.78 is 38.3. The quantitative estimate of drug-likeness (QED) is 0.806. The Morgan fingerprint density at radius 3 is 2.42 bits per heavy atom. The van der Waals surface area contributed by atoms with Crippen LogP contribution in [-0.2, 0) is 6.18 Å². The second-order valence-electron chi connectivity index (χ2n) is 3.67. The van der Waals surface area contributed by atoms with E-state index in [9.17, 15) is 13.2 Å². The van der Waals surface area contributed by atoms with E-state index in [0.29, 0.717) is 9.92 Å². The summed E-state index contributed by atoms with van der Waals surface area (Å²) in [5, 5.41) is 0.662. The Labute approximate surface area is 120 Å². The summed E-state index contributed by atoms with van der Waals surface area (Å²) >= 11 is 4.47. The number of rotatable bonds is 2. The molecule has 2 N–H and O–H groups in total. The zero-order chi connectivity index (χ0) is 14.0. The van der Waals surface area contributed by atoms with Gasteiger partial charge >= 0.3 is 6.18 Å². The fraction of sp³-hybridized carbons (Fsp3) is 0.0833. The molecule has 0 unspecified atom stereocenters. The summed E-state index contributed by atoms with van der Waals surface area (Å²) in [5.41, 5.74) is 4.97. The summed E-state index contributed by atoms with van der Waals surface area (Å²) in [7, 11) is 0. The van der Waals surface area contributed by atoms with Crippen molar-refractivity contribution in [3.63, 3.8) is 0 Å². The molecular formula is C12H8BrF3N2S. The van der Waals surface area contributed by atoms with Crippen molar-refractivity contribution in [3.05, 3.63) is 46.6 Å². The Kier molecular flexibility index (Phi) is 4.05. The van der Waals surface area contributed by atoms with Gasteiger partial charge in [0.2, 0.25) is 0 Å². The molecule has 0 aliphatic heterocycles. The molecule has 1 aromatic carbocycles. The van der Waals surface area contributed by atoms with E-state index in [1.807, 2.05) is 0 Å². The number of alkyl halides is 3. The van der Waals surface area contributed by atoms with Crippen LogP contribution in [0.1, 0.15) is 5.56 Å². The van der Waals surface area contributed by atoms with Crippen molar-refractivity contribution in [2.45, 2.75) is 16.1 Å². The molecule has 0 radical (unpaired) electrons. The lowest BCUT2D eigenvalue weighted by atomic mass is 10.2. The number of hydrogen-bond acceptors (Lipinski definition) is 3. The van der Waals surface area contributed by atoms with Crippen molar-refractivity contribution < 1.29 is 13.2 Å². The molecule has 1 aromatic heterocycles. The van der Waals surface area contributed by atoms with Crippen LogP contribution in [0.4, 0.5) is 18.9 Å². The first-order valence-electron chi connectivity index (χ1n) is 5.12. The van der Waals surface area contributed by atoms with Gasteiger partial charge in [0, 0.05) is 21.3 Å². The second kappa shape index (κ2) is 5.42. The first-order valence-corrected chi connectivity index (χ1v) is 6.73. The highest BCUT2D eigenvalue weighted by atomic mass is 79.9.